The minimum Gasteiger partial charge on any atom is -0.292 e. The van der Waals surface area contributed by atoms with E-state index in [4.69, 9.17) is 23.2 Å². The van der Waals surface area contributed by atoms with Gasteiger partial charge in [-0.05, 0) is 36.4 Å². The van der Waals surface area contributed by atoms with E-state index >= 15 is 0 Å². The van der Waals surface area contributed by atoms with Crippen molar-refractivity contribution in [1.29, 1.82) is 0 Å². The maximum Gasteiger partial charge on any atom is 0.148 e. The molecule has 0 N–H and O–H groups in total. The van der Waals surface area contributed by atoms with Crippen molar-refractivity contribution in [2.45, 2.75) is 5.88 Å². The van der Waals surface area contributed by atoms with Crippen LogP contribution in [-0.2, 0) is 5.88 Å². The van der Waals surface area contributed by atoms with Gasteiger partial charge in [0.1, 0.15) is 11.6 Å². The molecule has 2 nitrogen and oxygen atoms in total. The fourth-order valence-corrected chi connectivity index (χ4v) is 2.80. The van der Waals surface area contributed by atoms with Crippen LogP contribution >= 0.6 is 39.1 Å². The van der Waals surface area contributed by atoms with Gasteiger partial charge in [0.15, 0.2) is 0 Å². The fourth-order valence-electron chi connectivity index (χ4n) is 2.12. The normalized spacial score (nSPS) is 11.2. The van der Waals surface area contributed by atoms with Crippen molar-refractivity contribution in [1.82, 2.24) is 9.55 Å². The lowest BCUT2D eigenvalue weighted by Gasteiger charge is -2.09. The first-order chi connectivity index (χ1) is 9.60. The average Bonchev–Trinajstić information content (AvgIpc) is 2.76. The molecule has 0 saturated heterocycles. The van der Waals surface area contributed by atoms with E-state index in [1.54, 1.807) is 34.9 Å². The van der Waals surface area contributed by atoms with Crippen LogP contribution in [0.25, 0.3) is 16.7 Å². The molecular weight excluding hydrogens is 366 g/mol. The van der Waals surface area contributed by atoms with Crippen LogP contribution in [0.15, 0.2) is 40.9 Å². The van der Waals surface area contributed by atoms with Crippen molar-refractivity contribution in [2.24, 2.45) is 0 Å². The minimum absolute atomic E-state index is 0.182. The fraction of sp³-hybridized carbons (Fsp3) is 0.0714. The van der Waals surface area contributed by atoms with Crippen molar-refractivity contribution >= 4 is 50.2 Å². The zero-order valence-corrected chi connectivity index (χ0v) is 13.2. The van der Waals surface area contributed by atoms with Crippen molar-refractivity contribution in [2.75, 3.05) is 0 Å². The van der Waals surface area contributed by atoms with E-state index in [1.807, 2.05) is 0 Å². The Balaban J connectivity index is 2.36. The summed E-state index contributed by atoms with van der Waals surface area (Å²) in [5.74, 6) is 0.400. The van der Waals surface area contributed by atoms with E-state index in [9.17, 15) is 4.39 Å². The average molecular weight is 374 g/mol. The molecule has 0 bridgehead atoms. The lowest BCUT2D eigenvalue weighted by molar-refractivity contribution is 0.617. The van der Waals surface area contributed by atoms with Gasteiger partial charge in [-0.15, -0.1) is 11.6 Å². The number of alkyl halides is 1. The lowest BCUT2D eigenvalue weighted by atomic mass is 10.2. The molecule has 0 spiro atoms. The number of nitrogens with zero attached hydrogens (tertiary/aromatic N) is 2. The summed E-state index contributed by atoms with van der Waals surface area (Å²) in [5.41, 5.74) is 1.86. The molecule has 0 unspecified atom stereocenters. The van der Waals surface area contributed by atoms with E-state index in [0.29, 0.717) is 21.0 Å². The third-order valence-electron chi connectivity index (χ3n) is 2.96. The second-order valence-electron chi connectivity index (χ2n) is 4.23. The number of fused-ring (bicyclic) bond motifs is 1. The number of hydrogen-bond donors (Lipinski definition) is 0. The Labute approximate surface area is 133 Å². The number of halogens is 4. The van der Waals surface area contributed by atoms with Crippen LogP contribution in [0.5, 0.6) is 0 Å². The molecule has 3 aromatic rings. The van der Waals surface area contributed by atoms with Gasteiger partial charge >= 0.3 is 0 Å². The Hall–Kier alpha value is -1.10. The third-order valence-corrected chi connectivity index (χ3v) is 3.92. The zero-order chi connectivity index (χ0) is 14.3. The SMILES string of the molecule is Fc1cc(Br)ccc1-n1c(CCl)nc2ccc(Cl)cc21. The Morgan fingerprint density at radius 1 is 1.20 bits per heavy atom. The van der Waals surface area contributed by atoms with Crippen LogP contribution in [0.2, 0.25) is 5.02 Å². The molecule has 102 valence electrons. The molecule has 3 rings (SSSR count). The lowest BCUT2D eigenvalue weighted by Crippen LogP contribution is -2.02. The largest absolute Gasteiger partial charge is 0.292 e. The molecule has 0 aliphatic carbocycles. The number of imidazole rings is 1. The summed E-state index contributed by atoms with van der Waals surface area (Å²) < 4.78 is 16.6. The van der Waals surface area contributed by atoms with Crippen molar-refractivity contribution in [3.05, 3.63) is 57.5 Å². The van der Waals surface area contributed by atoms with Crippen molar-refractivity contribution in [3.8, 4) is 5.69 Å². The van der Waals surface area contributed by atoms with Crippen LogP contribution in [0.4, 0.5) is 4.39 Å². The van der Waals surface area contributed by atoms with Gasteiger partial charge in [0.2, 0.25) is 0 Å². The van der Waals surface area contributed by atoms with E-state index in [0.717, 1.165) is 11.0 Å². The number of hydrogen-bond acceptors (Lipinski definition) is 1. The first-order valence-corrected chi connectivity index (χ1v) is 7.49. The molecule has 6 heteroatoms. The first kappa shape index (κ1) is 13.9. The highest BCUT2D eigenvalue weighted by Gasteiger charge is 2.15. The van der Waals surface area contributed by atoms with E-state index in [-0.39, 0.29) is 11.7 Å². The Bertz CT molecular complexity index is 801. The highest BCUT2D eigenvalue weighted by atomic mass is 79.9. The number of aromatic nitrogens is 2. The molecule has 0 radical (unpaired) electrons. The second kappa shape index (κ2) is 5.35. The van der Waals surface area contributed by atoms with Gasteiger partial charge in [-0.25, -0.2) is 9.37 Å². The van der Waals surface area contributed by atoms with Crippen LogP contribution in [0.1, 0.15) is 5.82 Å². The summed E-state index contributed by atoms with van der Waals surface area (Å²) in [4.78, 5) is 4.41. The summed E-state index contributed by atoms with van der Waals surface area (Å²) in [6.45, 7) is 0. The third kappa shape index (κ3) is 2.32. The predicted octanol–water partition coefficient (Wildman–Crippen LogP) is 5.32. The van der Waals surface area contributed by atoms with Crippen LogP contribution in [0, 0.1) is 5.82 Å². The van der Waals surface area contributed by atoms with Crippen molar-refractivity contribution < 1.29 is 4.39 Å². The van der Waals surface area contributed by atoms with Crippen LogP contribution in [0.3, 0.4) is 0 Å². The monoisotopic (exact) mass is 372 g/mol. The molecular formula is C14H8BrCl2FN2. The summed E-state index contributed by atoms with van der Waals surface area (Å²) in [6.07, 6.45) is 0. The summed E-state index contributed by atoms with van der Waals surface area (Å²) in [6, 6.07) is 10.1. The van der Waals surface area contributed by atoms with Crippen LogP contribution in [-0.4, -0.2) is 9.55 Å². The summed E-state index contributed by atoms with van der Waals surface area (Å²) in [5, 5.41) is 0.567. The minimum atomic E-state index is -0.356. The maximum atomic E-state index is 14.2. The molecule has 0 amide bonds. The molecule has 0 atom stereocenters. The van der Waals surface area contributed by atoms with Gasteiger partial charge in [0, 0.05) is 9.50 Å². The molecule has 1 aromatic heterocycles. The van der Waals surface area contributed by atoms with Gasteiger partial charge < -0.3 is 0 Å². The highest BCUT2D eigenvalue weighted by molar-refractivity contribution is 9.10. The second-order valence-corrected chi connectivity index (χ2v) is 5.85. The van der Waals surface area contributed by atoms with Gasteiger partial charge in [0.05, 0.1) is 22.6 Å². The van der Waals surface area contributed by atoms with Gasteiger partial charge in [-0.2, -0.15) is 0 Å². The molecule has 0 saturated carbocycles. The Morgan fingerprint density at radius 2 is 2.00 bits per heavy atom. The molecule has 0 aliphatic heterocycles. The topological polar surface area (TPSA) is 17.8 Å². The molecule has 2 aromatic carbocycles. The van der Waals surface area contributed by atoms with Crippen LogP contribution < -0.4 is 0 Å². The van der Waals surface area contributed by atoms with Gasteiger partial charge in [-0.3, -0.25) is 4.57 Å². The van der Waals surface area contributed by atoms with E-state index in [2.05, 4.69) is 20.9 Å². The summed E-state index contributed by atoms with van der Waals surface area (Å²) in [7, 11) is 0. The highest BCUT2D eigenvalue weighted by Crippen LogP contribution is 2.28. The van der Waals surface area contributed by atoms with E-state index in [1.165, 1.54) is 6.07 Å². The molecule has 0 fully saturated rings. The first-order valence-electron chi connectivity index (χ1n) is 5.78. The predicted molar refractivity (Wildman–Crippen MR) is 83.3 cm³/mol. The molecule has 1 heterocycles. The number of rotatable bonds is 2. The van der Waals surface area contributed by atoms with Gasteiger partial charge in [-0.1, -0.05) is 27.5 Å². The van der Waals surface area contributed by atoms with Crippen molar-refractivity contribution in [3.63, 3.8) is 0 Å². The zero-order valence-electron chi connectivity index (χ0n) is 10.1. The smallest absolute Gasteiger partial charge is 0.148 e. The Kier molecular flexibility index (Phi) is 3.71. The quantitative estimate of drug-likeness (QED) is 0.556. The maximum absolute atomic E-state index is 14.2. The summed E-state index contributed by atoms with van der Waals surface area (Å²) >= 11 is 15.2. The molecule has 0 aliphatic rings. The molecule has 20 heavy (non-hydrogen) atoms. The Morgan fingerprint density at radius 3 is 2.70 bits per heavy atom. The standard InChI is InChI=1S/C14H8BrCl2FN2/c15-8-1-4-12(10(18)5-8)20-13-6-9(17)2-3-11(13)19-14(20)7-16/h1-6H,7H2. The van der Waals surface area contributed by atoms with E-state index < -0.39 is 0 Å². The number of benzene rings is 2. The van der Waals surface area contributed by atoms with Gasteiger partial charge in [0.25, 0.3) is 0 Å².